The SMILES string of the molecule is CCCCCCC1(NC(=O)NC2CCCCCC2OC(=O)CCNC(=O)C2OC(C)(C)OCC2(C)C)CCC1. The first-order chi connectivity index (χ1) is 18.5. The van der Waals surface area contributed by atoms with Crippen molar-refractivity contribution in [2.75, 3.05) is 13.2 Å². The lowest BCUT2D eigenvalue weighted by Gasteiger charge is -2.44. The molecule has 0 aromatic heterocycles. The van der Waals surface area contributed by atoms with Gasteiger partial charge >= 0.3 is 12.0 Å². The van der Waals surface area contributed by atoms with Gasteiger partial charge in [0.25, 0.3) is 0 Å². The third-order valence-electron chi connectivity index (χ3n) is 8.52. The molecule has 1 aliphatic heterocycles. The Morgan fingerprint density at radius 3 is 2.38 bits per heavy atom. The number of carbonyl (C=O) groups is 3. The summed E-state index contributed by atoms with van der Waals surface area (Å²) in [5.41, 5.74) is -0.557. The van der Waals surface area contributed by atoms with Gasteiger partial charge in [0.1, 0.15) is 12.2 Å². The van der Waals surface area contributed by atoms with E-state index in [-0.39, 0.29) is 48.6 Å². The number of hydrogen-bond acceptors (Lipinski definition) is 6. The van der Waals surface area contributed by atoms with E-state index in [1.165, 1.54) is 19.3 Å². The number of ether oxygens (including phenoxy) is 3. The molecule has 3 amide bonds. The van der Waals surface area contributed by atoms with Crippen LogP contribution in [-0.4, -0.2) is 60.6 Å². The zero-order valence-electron chi connectivity index (χ0n) is 25.0. The molecule has 224 valence electrons. The van der Waals surface area contributed by atoms with Crippen molar-refractivity contribution in [1.82, 2.24) is 16.0 Å². The second-order valence-electron chi connectivity index (χ2n) is 13.0. The summed E-state index contributed by atoms with van der Waals surface area (Å²) in [7, 11) is 0. The zero-order valence-corrected chi connectivity index (χ0v) is 25.0. The summed E-state index contributed by atoms with van der Waals surface area (Å²) in [5, 5.41) is 9.26. The lowest BCUT2D eigenvalue weighted by atomic mass is 9.73. The fraction of sp³-hybridized carbons (Fsp3) is 0.900. The van der Waals surface area contributed by atoms with E-state index in [0.717, 1.165) is 64.2 Å². The van der Waals surface area contributed by atoms with Crippen LogP contribution < -0.4 is 16.0 Å². The fourth-order valence-corrected chi connectivity index (χ4v) is 5.89. The van der Waals surface area contributed by atoms with E-state index >= 15 is 0 Å². The van der Waals surface area contributed by atoms with E-state index < -0.39 is 17.3 Å². The van der Waals surface area contributed by atoms with Gasteiger partial charge in [0, 0.05) is 17.5 Å². The summed E-state index contributed by atoms with van der Waals surface area (Å²) < 4.78 is 17.4. The number of unbranched alkanes of at least 4 members (excludes halogenated alkanes) is 3. The van der Waals surface area contributed by atoms with E-state index in [2.05, 4.69) is 22.9 Å². The quantitative estimate of drug-likeness (QED) is 0.176. The smallest absolute Gasteiger partial charge is 0.315 e. The molecule has 3 aliphatic rings. The maximum absolute atomic E-state index is 13.0. The van der Waals surface area contributed by atoms with E-state index in [1.54, 1.807) is 13.8 Å². The van der Waals surface area contributed by atoms with Crippen LogP contribution in [0.15, 0.2) is 0 Å². The van der Waals surface area contributed by atoms with Crippen molar-refractivity contribution in [1.29, 1.82) is 0 Å². The van der Waals surface area contributed by atoms with Gasteiger partial charge in [-0.25, -0.2) is 4.79 Å². The van der Waals surface area contributed by atoms with Gasteiger partial charge in [0.2, 0.25) is 5.91 Å². The Balaban J connectivity index is 1.46. The van der Waals surface area contributed by atoms with E-state index in [1.807, 2.05) is 13.8 Å². The first-order valence-corrected chi connectivity index (χ1v) is 15.3. The third kappa shape index (κ3) is 9.62. The molecule has 3 fully saturated rings. The molecule has 2 aliphatic carbocycles. The highest BCUT2D eigenvalue weighted by molar-refractivity contribution is 5.82. The monoisotopic (exact) mass is 551 g/mol. The normalized spacial score (nSPS) is 27.4. The molecule has 2 saturated carbocycles. The van der Waals surface area contributed by atoms with E-state index in [0.29, 0.717) is 6.61 Å². The molecule has 1 saturated heterocycles. The summed E-state index contributed by atoms with van der Waals surface area (Å²) in [6.07, 6.45) is 12.6. The fourth-order valence-electron chi connectivity index (χ4n) is 5.89. The number of urea groups is 1. The molecule has 39 heavy (non-hydrogen) atoms. The number of amides is 3. The Bertz CT molecular complexity index is 826. The predicted molar refractivity (Wildman–Crippen MR) is 150 cm³/mol. The van der Waals surface area contributed by atoms with Crippen LogP contribution in [0.25, 0.3) is 0 Å². The van der Waals surface area contributed by atoms with Gasteiger partial charge in [-0.3, -0.25) is 9.59 Å². The van der Waals surface area contributed by atoms with Crippen LogP contribution >= 0.6 is 0 Å². The van der Waals surface area contributed by atoms with Crippen molar-refractivity contribution in [3.05, 3.63) is 0 Å². The number of rotatable bonds is 12. The predicted octanol–water partition coefficient (Wildman–Crippen LogP) is 5.11. The molecular weight excluding hydrogens is 498 g/mol. The van der Waals surface area contributed by atoms with Crippen LogP contribution in [0.3, 0.4) is 0 Å². The standard InChI is InChI=1S/C30H53N3O6/c1-6-7-8-12-17-30(18-13-19-30)33-27(36)32-22-14-10-9-11-15-23(22)38-24(34)16-20-31-26(35)25-28(2,3)21-37-29(4,5)39-25/h22-23,25H,6-21H2,1-5H3,(H,31,35)(H2,32,33,36). The zero-order chi connectivity index (χ0) is 28.5. The summed E-state index contributed by atoms with van der Waals surface area (Å²) in [6.45, 7) is 10.2. The molecule has 9 nitrogen and oxygen atoms in total. The first-order valence-electron chi connectivity index (χ1n) is 15.3. The van der Waals surface area contributed by atoms with Crippen LogP contribution in [0, 0.1) is 5.41 Å². The first kappa shape index (κ1) is 31.7. The van der Waals surface area contributed by atoms with Gasteiger partial charge in [0.05, 0.1) is 19.1 Å². The van der Waals surface area contributed by atoms with Gasteiger partial charge in [-0.1, -0.05) is 59.3 Å². The maximum Gasteiger partial charge on any atom is 0.315 e. The van der Waals surface area contributed by atoms with Crippen molar-refractivity contribution in [2.24, 2.45) is 5.41 Å². The summed E-state index contributed by atoms with van der Waals surface area (Å²) in [4.78, 5) is 38.6. The molecule has 0 aromatic rings. The van der Waals surface area contributed by atoms with E-state index in [4.69, 9.17) is 14.2 Å². The van der Waals surface area contributed by atoms with Crippen molar-refractivity contribution in [3.8, 4) is 0 Å². The summed E-state index contributed by atoms with van der Waals surface area (Å²) in [5.74, 6) is -1.46. The Hall–Kier alpha value is -1.87. The Kier molecular flexibility index (Phi) is 11.5. The molecule has 0 aromatic carbocycles. The average Bonchev–Trinajstić information content (AvgIpc) is 3.06. The molecule has 3 unspecified atom stereocenters. The second kappa shape index (κ2) is 14.2. The van der Waals surface area contributed by atoms with Crippen molar-refractivity contribution in [2.45, 2.75) is 154 Å². The van der Waals surface area contributed by atoms with Crippen molar-refractivity contribution >= 4 is 17.9 Å². The molecule has 0 radical (unpaired) electrons. The van der Waals surface area contributed by atoms with Crippen LogP contribution in [0.5, 0.6) is 0 Å². The summed E-state index contributed by atoms with van der Waals surface area (Å²) in [6, 6.07) is -0.352. The topological polar surface area (TPSA) is 115 Å². The number of nitrogens with one attached hydrogen (secondary N) is 3. The minimum absolute atomic E-state index is 0.0646. The highest BCUT2D eigenvalue weighted by Gasteiger charge is 2.45. The highest BCUT2D eigenvalue weighted by atomic mass is 16.7. The lowest BCUT2D eigenvalue weighted by molar-refractivity contribution is -0.304. The summed E-state index contributed by atoms with van der Waals surface area (Å²) >= 11 is 0. The van der Waals surface area contributed by atoms with Crippen LogP contribution in [0.4, 0.5) is 4.79 Å². The Morgan fingerprint density at radius 2 is 1.69 bits per heavy atom. The molecular formula is C30H53N3O6. The van der Waals surface area contributed by atoms with Gasteiger partial charge in [-0.2, -0.15) is 0 Å². The van der Waals surface area contributed by atoms with Crippen molar-refractivity contribution in [3.63, 3.8) is 0 Å². The second-order valence-corrected chi connectivity index (χ2v) is 13.0. The van der Waals surface area contributed by atoms with Gasteiger partial charge < -0.3 is 30.2 Å². The number of hydrogen-bond donors (Lipinski definition) is 3. The number of carbonyl (C=O) groups excluding carboxylic acids is 3. The number of esters is 1. The Labute approximate surface area is 235 Å². The molecule has 9 heteroatoms. The van der Waals surface area contributed by atoms with Crippen LogP contribution in [0.2, 0.25) is 0 Å². The Morgan fingerprint density at radius 1 is 0.949 bits per heavy atom. The van der Waals surface area contributed by atoms with Crippen molar-refractivity contribution < 1.29 is 28.6 Å². The lowest BCUT2D eigenvalue weighted by Crippen LogP contribution is -2.59. The van der Waals surface area contributed by atoms with E-state index in [9.17, 15) is 14.4 Å². The minimum atomic E-state index is -0.836. The van der Waals surface area contributed by atoms with Gasteiger partial charge in [-0.05, 0) is 58.8 Å². The average molecular weight is 552 g/mol. The maximum atomic E-state index is 13.0. The molecule has 3 atom stereocenters. The van der Waals surface area contributed by atoms with Gasteiger partial charge in [-0.15, -0.1) is 0 Å². The largest absolute Gasteiger partial charge is 0.460 e. The highest BCUT2D eigenvalue weighted by Crippen LogP contribution is 2.37. The third-order valence-corrected chi connectivity index (χ3v) is 8.52. The van der Waals surface area contributed by atoms with Crippen LogP contribution in [0.1, 0.15) is 125 Å². The minimum Gasteiger partial charge on any atom is -0.460 e. The van der Waals surface area contributed by atoms with Gasteiger partial charge in [0.15, 0.2) is 5.79 Å². The molecule has 0 bridgehead atoms. The molecule has 1 heterocycles. The molecule has 0 spiro atoms. The molecule has 3 N–H and O–H groups in total. The molecule has 3 rings (SSSR count). The van der Waals surface area contributed by atoms with Crippen LogP contribution in [-0.2, 0) is 23.8 Å².